The Bertz CT molecular complexity index is 768. The van der Waals surface area contributed by atoms with Crippen LogP contribution in [0.5, 0.6) is 5.75 Å². The minimum atomic E-state index is -4.69. The molecule has 156 valence electrons. The number of alkyl halides is 5. The van der Waals surface area contributed by atoms with E-state index in [0.717, 1.165) is 17.2 Å². The van der Waals surface area contributed by atoms with E-state index in [-0.39, 0.29) is 34.6 Å². The molecule has 1 aromatic carbocycles. The summed E-state index contributed by atoms with van der Waals surface area (Å²) in [6.07, 6.45) is -2.18. The molecule has 0 aliphatic rings. The van der Waals surface area contributed by atoms with Crippen LogP contribution in [0.3, 0.4) is 0 Å². The minimum Gasteiger partial charge on any atom is -0.473 e. The first kappa shape index (κ1) is 23.2. The van der Waals surface area contributed by atoms with E-state index >= 15 is 0 Å². The third-order valence-electron chi connectivity index (χ3n) is 2.89. The Labute approximate surface area is 161 Å². The molecule has 1 rings (SSSR count). The number of hydrogen-bond donors (Lipinski definition) is 4. The molecule has 0 heterocycles. The molecule has 0 spiro atoms. The average molecular weight is 430 g/mol. The molecular weight excluding hydrogens is 413 g/mol. The van der Waals surface area contributed by atoms with Gasteiger partial charge in [0.1, 0.15) is 18.1 Å². The molecule has 0 saturated heterocycles. The zero-order valence-electron chi connectivity index (χ0n) is 14.1. The number of benzene rings is 1. The molecule has 0 saturated carbocycles. The zero-order valence-corrected chi connectivity index (χ0v) is 14.8. The van der Waals surface area contributed by atoms with E-state index in [1.165, 1.54) is 18.3 Å². The third-order valence-corrected chi connectivity index (χ3v) is 3.21. The lowest BCUT2D eigenvalue weighted by atomic mass is 10.3. The van der Waals surface area contributed by atoms with Crippen LogP contribution in [0.15, 0.2) is 53.8 Å². The lowest BCUT2D eigenvalue weighted by molar-refractivity contribution is -0.0926. The van der Waals surface area contributed by atoms with Gasteiger partial charge in [-0.1, -0.05) is 11.6 Å². The lowest BCUT2D eigenvalue weighted by Gasteiger charge is -2.17. The topological polar surface area (TPSA) is 126 Å². The monoisotopic (exact) mass is 429 g/mol. The Morgan fingerprint density at radius 3 is 2.39 bits per heavy atom. The number of hydrazine groups is 1. The van der Waals surface area contributed by atoms with Crippen molar-refractivity contribution in [3.63, 3.8) is 0 Å². The number of hydrogen-bond acceptors (Lipinski definition) is 7. The van der Waals surface area contributed by atoms with Crippen LogP contribution in [0.1, 0.15) is 0 Å². The number of rotatable bonds is 8. The Morgan fingerprint density at radius 2 is 1.82 bits per heavy atom. The van der Waals surface area contributed by atoms with E-state index in [1.807, 2.05) is 0 Å². The van der Waals surface area contributed by atoms with Gasteiger partial charge in [0.15, 0.2) is 5.88 Å². The molecule has 13 heteroatoms. The van der Waals surface area contributed by atoms with Crippen LogP contribution < -0.4 is 32.8 Å². The lowest BCUT2D eigenvalue weighted by Crippen LogP contribution is -2.27. The average Bonchev–Trinajstić information content (AvgIpc) is 2.58. The van der Waals surface area contributed by atoms with Gasteiger partial charge in [-0.25, -0.2) is 5.84 Å². The normalized spacial score (nSPS) is 13.6. The molecule has 0 aliphatic carbocycles. The molecule has 0 unspecified atom stereocenters. The van der Waals surface area contributed by atoms with Crippen molar-refractivity contribution < 1.29 is 31.4 Å². The molecule has 0 amide bonds. The highest BCUT2D eigenvalue weighted by molar-refractivity contribution is 6.32. The van der Waals surface area contributed by atoms with Crippen molar-refractivity contribution in [3.05, 3.63) is 58.9 Å². The Kier molecular flexibility index (Phi) is 8.19. The van der Waals surface area contributed by atoms with Crippen molar-refractivity contribution in [3.8, 4) is 5.75 Å². The first-order valence-electron chi connectivity index (χ1n) is 7.27. The summed E-state index contributed by atoms with van der Waals surface area (Å²) in [7, 11) is 0. The van der Waals surface area contributed by atoms with Gasteiger partial charge < -0.3 is 26.7 Å². The van der Waals surface area contributed by atoms with Gasteiger partial charge in [-0.15, -0.1) is 0 Å². The Balaban J connectivity index is 2.76. The van der Waals surface area contributed by atoms with Crippen LogP contribution in [-0.4, -0.2) is 19.4 Å². The van der Waals surface area contributed by atoms with Crippen molar-refractivity contribution in [1.29, 1.82) is 0 Å². The van der Waals surface area contributed by atoms with Gasteiger partial charge in [0.25, 0.3) is 0 Å². The molecule has 0 aliphatic heterocycles. The van der Waals surface area contributed by atoms with Crippen LogP contribution in [0.2, 0.25) is 5.02 Å². The molecule has 0 fully saturated rings. The molecule has 0 atom stereocenters. The fourth-order valence-electron chi connectivity index (χ4n) is 1.61. The maximum atomic E-state index is 12.3. The number of nitrogens with two attached hydrogens (primary N) is 4. The first-order valence-corrected chi connectivity index (χ1v) is 7.65. The summed E-state index contributed by atoms with van der Waals surface area (Å²) in [5.74, 6) is 5.06. The van der Waals surface area contributed by atoms with Gasteiger partial charge in [0.05, 0.1) is 16.4 Å². The first-order chi connectivity index (χ1) is 12.9. The number of allylic oxidation sites excluding steroid dienone is 3. The minimum absolute atomic E-state index is 0.0119. The van der Waals surface area contributed by atoms with Crippen molar-refractivity contribution in [2.24, 2.45) is 23.0 Å². The highest BCUT2D eigenvalue weighted by atomic mass is 35.5. The SMILES string of the molecule is N/C(=C\N(N)c1ccc(Cl)c(OC(F)F)c1)CO/C(N)=C/C=C(\N)C(F)(F)F. The second kappa shape index (κ2) is 9.90. The van der Waals surface area contributed by atoms with Crippen molar-refractivity contribution >= 4 is 17.3 Å². The maximum Gasteiger partial charge on any atom is 0.430 e. The highest BCUT2D eigenvalue weighted by Crippen LogP contribution is 2.30. The van der Waals surface area contributed by atoms with Crippen molar-refractivity contribution in [1.82, 2.24) is 0 Å². The number of halogens is 6. The van der Waals surface area contributed by atoms with Gasteiger partial charge in [0.2, 0.25) is 0 Å². The van der Waals surface area contributed by atoms with E-state index < -0.39 is 18.5 Å². The van der Waals surface area contributed by atoms with Crippen LogP contribution >= 0.6 is 11.6 Å². The number of ether oxygens (including phenoxy) is 2. The summed E-state index contributed by atoms with van der Waals surface area (Å²) in [4.78, 5) is 0. The van der Waals surface area contributed by atoms with Gasteiger partial charge >= 0.3 is 12.8 Å². The predicted molar refractivity (Wildman–Crippen MR) is 93.6 cm³/mol. The number of anilines is 1. The predicted octanol–water partition coefficient (Wildman–Crippen LogP) is 2.64. The van der Waals surface area contributed by atoms with Gasteiger partial charge in [0, 0.05) is 12.3 Å². The molecule has 0 radical (unpaired) electrons. The summed E-state index contributed by atoms with van der Waals surface area (Å²) in [6.45, 7) is -3.41. The van der Waals surface area contributed by atoms with E-state index in [4.69, 9.17) is 39.4 Å². The van der Waals surface area contributed by atoms with E-state index in [9.17, 15) is 22.0 Å². The zero-order chi connectivity index (χ0) is 21.5. The smallest absolute Gasteiger partial charge is 0.430 e. The molecule has 7 nitrogen and oxygen atoms in total. The second-order valence-electron chi connectivity index (χ2n) is 5.08. The van der Waals surface area contributed by atoms with Gasteiger partial charge in [-0.05, 0) is 24.3 Å². The molecule has 1 aromatic rings. The van der Waals surface area contributed by atoms with E-state index in [0.29, 0.717) is 6.08 Å². The highest BCUT2D eigenvalue weighted by Gasteiger charge is 2.30. The van der Waals surface area contributed by atoms with Gasteiger partial charge in [-0.3, -0.25) is 5.01 Å². The van der Waals surface area contributed by atoms with Crippen molar-refractivity contribution in [2.45, 2.75) is 12.8 Å². The molecule has 8 N–H and O–H groups in total. The summed E-state index contributed by atoms with van der Waals surface area (Å²) >= 11 is 5.73. The van der Waals surface area contributed by atoms with Crippen LogP contribution in [0.4, 0.5) is 27.6 Å². The van der Waals surface area contributed by atoms with Gasteiger partial charge in [-0.2, -0.15) is 22.0 Å². The number of nitrogens with zero attached hydrogens (tertiary/aromatic N) is 1. The standard InChI is InChI=1S/C15H17ClF5N5O2/c16-10-2-1-9(5-11(10)28-14(17)18)26(25)6-8(22)7-27-13(24)4-3-12(23)15(19,20)21/h1-6,14H,7,22-25H2/b8-6-,12-3-,13-4+. The molecule has 0 bridgehead atoms. The van der Waals surface area contributed by atoms with E-state index in [2.05, 4.69) is 4.74 Å². The summed E-state index contributed by atoms with van der Waals surface area (Å²) in [5, 5.41) is 0.913. The molecular formula is C15H17ClF5N5O2. The largest absolute Gasteiger partial charge is 0.473 e. The fraction of sp³-hybridized carbons (Fsp3) is 0.200. The molecule has 0 aromatic heterocycles. The molecule has 28 heavy (non-hydrogen) atoms. The third kappa shape index (κ3) is 7.80. The van der Waals surface area contributed by atoms with E-state index in [1.54, 1.807) is 0 Å². The van der Waals surface area contributed by atoms with Crippen molar-refractivity contribution in [2.75, 3.05) is 11.6 Å². The van der Waals surface area contributed by atoms with Crippen LogP contribution in [0, 0.1) is 0 Å². The maximum absolute atomic E-state index is 12.3. The quantitative estimate of drug-likeness (QED) is 0.164. The Hall–Kier alpha value is -2.86. The fourth-order valence-corrected chi connectivity index (χ4v) is 1.77. The summed E-state index contributed by atoms with van der Waals surface area (Å²) in [5.41, 5.74) is 14.7. The summed E-state index contributed by atoms with van der Waals surface area (Å²) < 4.78 is 70.5. The summed E-state index contributed by atoms with van der Waals surface area (Å²) in [6, 6.07) is 3.84. The van der Waals surface area contributed by atoms with Crippen LogP contribution in [-0.2, 0) is 4.74 Å². The Morgan fingerprint density at radius 1 is 1.18 bits per heavy atom. The second-order valence-corrected chi connectivity index (χ2v) is 5.49. The van der Waals surface area contributed by atoms with Crippen LogP contribution in [0.25, 0.3) is 0 Å².